The Morgan fingerprint density at radius 3 is 2.86 bits per heavy atom. The fourth-order valence-electron chi connectivity index (χ4n) is 2.92. The fraction of sp³-hybridized carbons (Fsp3) is 0.333. The van der Waals surface area contributed by atoms with Crippen molar-refractivity contribution in [2.75, 3.05) is 6.54 Å². The number of pyridine rings is 1. The zero-order valence-corrected chi connectivity index (χ0v) is 12.5. The smallest absolute Gasteiger partial charge is 0.218 e. The van der Waals surface area contributed by atoms with Gasteiger partial charge >= 0.3 is 0 Å². The van der Waals surface area contributed by atoms with Gasteiger partial charge in [-0.1, -0.05) is 36.4 Å². The summed E-state index contributed by atoms with van der Waals surface area (Å²) in [7, 11) is 0. The van der Waals surface area contributed by atoms with Crippen LogP contribution in [0.1, 0.15) is 36.4 Å². The van der Waals surface area contributed by atoms with Crippen LogP contribution in [0.5, 0.6) is 5.88 Å². The van der Waals surface area contributed by atoms with E-state index in [4.69, 9.17) is 4.74 Å². The lowest BCUT2D eigenvalue weighted by Crippen LogP contribution is -2.32. The molecule has 1 aliphatic rings. The summed E-state index contributed by atoms with van der Waals surface area (Å²) in [6, 6.07) is 14.0. The first-order valence-electron chi connectivity index (χ1n) is 7.71. The quantitative estimate of drug-likeness (QED) is 0.795. The summed E-state index contributed by atoms with van der Waals surface area (Å²) in [6.07, 6.45) is 5.83. The van der Waals surface area contributed by atoms with Gasteiger partial charge in [-0.3, -0.25) is 4.79 Å². The van der Waals surface area contributed by atoms with Crippen molar-refractivity contribution in [3.05, 3.63) is 59.8 Å². The molecule has 1 aliphatic heterocycles. The maximum absolute atomic E-state index is 11.3. The molecule has 0 spiro atoms. The van der Waals surface area contributed by atoms with E-state index in [1.165, 1.54) is 0 Å². The number of carbonyl (C=O) groups is 1. The summed E-state index contributed by atoms with van der Waals surface area (Å²) in [5.41, 5.74) is 2.11. The van der Waals surface area contributed by atoms with E-state index in [2.05, 4.69) is 4.98 Å². The molecule has 0 saturated carbocycles. The minimum Gasteiger partial charge on any atom is -0.473 e. The molecule has 1 atom stereocenters. The number of benzene rings is 1. The number of hydrogen-bond acceptors (Lipinski definition) is 3. The number of nitrogens with zero attached hydrogens (tertiary/aromatic N) is 2. The van der Waals surface area contributed by atoms with E-state index < -0.39 is 0 Å². The number of hydrogen-bond donors (Lipinski definition) is 0. The average Bonchev–Trinajstić information content (AvgIpc) is 2.61. The molecule has 0 aliphatic carbocycles. The fourth-order valence-corrected chi connectivity index (χ4v) is 2.92. The van der Waals surface area contributed by atoms with Crippen molar-refractivity contribution < 1.29 is 9.53 Å². The van der Waals surface area contributed by atoms with Gasteiger partial charge < -0.3 is 9.64 Å². The second-order valence-corrected chi connectivity index (χ2v) is 5.53. The highest BCUT2D eigenvalue weighted by molar-refractivity contribution is 5.50. The Morgan fingerprint density at radius 2 is 2.05 bits per heavy atom. The standard InChI is InChI=1S/C18H20N2O2/c21-14-20-12-5-4-10-17(20)16-9-6-11-19-18(16)22-13-15-7-2-1-3-8-15/h1-3,6-9,11,14,17H,4-5,10,12-13H2/t17-/m0/s1. The van der Waals surface area contributed by atoms with E-state index in [1.54, 1.807) is 6.20 Å². The number of rotatable bonds is 5. The van der Waals surface area contributed by atoms with Crippen LogP contribution in [0.25, 0.3) is 0 Å². The molecule has 1 aromatic carbocycles. The van der Waals surface area contributed by atoms with Gasteiger partial charge in [-0.25, -0.2) is 4.98 Å². The monoisotopic (exact) mass is 296 g/mol. The van der Waals surface area contributed by atoms with Gasteiger partial charge in [0.25, 0.3) is 0 Å². The van der Waals surface area contributed by atoms with Crippen molar-refractivity contribution in [2.24, 2.45) is 0 Å². The lowest BCUT2D eigenvalue weighted by molar-refractivity contribution is -0.121. The maximum Gasteiger partial charge on any atom is 0.218 e. The molecule has 1 aromatic heterocycles. The van der Waals surface area contributed by atoms with Gasteiger partial charge in [-0.05, 0) is 30.9 Å². The summed E-state index contributed by atoms with van der Waals surface area (Å²) >= 11 is 0. The predicted octanol–water partition coefficient (Wildman–Crippen LogP) is 3.34. The molecular weight excluding hydrogens is 276 g/mol. The zero-order valence-electron chi connectivity index (χ0n) is 12.5. The third-order valence-electron chi connectivity index (χ3n) is 4.06. The van der Waals surface area contributed by atoms with Crippen LogP contribution < -0.4 is 4.74 Å². The Kier molecular flexibility index (Phi) is 4.68. The lowest BCUT2D eigenvalue weighted by atomic mass is 9.96. The molecule has 1 amide bonds. The van der Waals surface area contributed by atoms with Crippen LogP contribution in [0.2, 0.25) is 0 Å². The molecule has 3 rings (SSSR count). The highest BCUT2D eigenvalue weighted by atomic mass is 16.5. The van der Waals surface area contributed by atoms with Crippen LogP contribution in [0, 0.1) is 0 Å². The largest absolute Gasteiger partial charge is 0.473 e. The third-order valence-corrected chi connectivity index (χ3v) is 4.06. The molecule has 1 saturated heterocycles. The topological polar surface area (TPSA) is 42.4 Å². The van der Waals surface area contributed by atoms with Gasteiger partial charge in [0.15, 0.2) is 0 Å². The molecule has 2 heterocycles. The summed E-state index contributed by atoms with van der Waals surface area (Å²) in [5, 5.41) is 0. The number of likely N-dealkylation sites (tertiary alicyclic amines) is 1. The van der Waals surface area contributed by atoms with E-state index >= 15 is 0 Å². The average molecular weight is 296 g/mol. The number of aromatic nitrogens is 1. The molecule has 2 aromatic rings. The second-order valence-electron chi connectivity index (χ2n) is 5.53. The van der Waals surface area contributed by atoms with Crippen molar-refractivity contribution in [3.8, 4) is 5.88 Å². The van der Waals surface area contributed by atoms with Crippen molar-refractivity contribution >= 4 is 6.41 Å². The van der Waals surface area contributed by atoms with E-state index in [0.29, 0.717) is 12.5 Å². The maximum atomic E-state index is 11.3. The molecule has 114 valence electrons. The molecule has 4 heteroatoms. The minimum absolute atomic E-state index is 0.0747. The normalized spacial score (nSPS) is 18.0. The number of carbonyl (C=O) groups excluding carboxylic acids is 1. The van der Waals surface area contributed by atoms with Crippen molar-refractivity contribution in [3.63, 3.8) is 0 Å². The zero-order chi connectivity index (χ0) is 15.2. The minimum atomic E-state index is 0.0747. The Balaban J connectivity index is 1.78. The van der Waals surface area contributed by atoms with Gasteiger partial charge in [-0.2, -0.15) is 0 Å². The molecule has 0 unspecified atom stereocenters. The number of amides is 1. The first-order chi connectivity index (χ1) is 10.9. The van der Waals surface area contributed by atoms with E-state index in [-0.39, 0.29) is 6.04 Å². The van der Waals surface area contributed by atoms with Gasteiger partial charge in [0.05, 0.1) is 6.04 Å². The number of ether oxygens (including phenoxy) is 1. The second kappa shape index (κ2) is 7.07. The first kappa shape index (κ1) is 14.6. The Bertz CT molecular complexity index is 615. The van der Waals surface area contributed by atoms with Crippen LogP contribution in [-0.2, 0) is 11.4 Å². The van der Waals surface area contributed by atoms with E-state index in [9.17, 15) is 4.79 Å². The van der Waals surface area contributed by atoms with Crippen LogP contribution in [0.15, 0.2) is 48.7 Å². The Labute approximate surface area is 130 Å². The van der Waals surface area contributed by atoms with Crippen LogP contribution in [0.4, 0.5) is 0 Å². The summed E-state index contributed by atoms with van der Waals surface area (Å²) in [4.78, 5) is 17.5. The summed E-state index contributed by atoms with van der Waals surface area (Å²) in [6.45, 7) is 1.29. The molecule has 0 radical (unpaired) electrons. The SMILES string of the molecule is O=CN1CCCC[C@H]1c1cccnc1OCc1ccccc1. The molecule has 22 heavy (non-hydrogen) atoms. The van der Waals surface area contributed by atoms with Crippen LogP contribution >= 0.6 is 0 Å². The van der Waals surface area contributed by atoms with Gasteiger partial charge in [0.2, 0.25) is 12.3 Å². The molecule has 4 nitrogen and oxygen atoms in total. The molecule has 0 bridgehead atoms. The first-order valence-corrected chi connectivity index (χ1v) is 7.71. The summed E-state index contributed by atoms with van der Waals surface area (Å²) in [5.74, 6) is 0.630. The molecule has 1 fully saturated rings. The van der Waals surface area contributed by atoms with Crippen molar-refractivity contribution in [1.29, 1.82) is 0 Å². The molecular formula is C18H20N2O2. The highest BCUT2D eigenvalue weighted by Gasteiger charge is 2.25. The van der Waals surface area contributed by atoms with Crippen molar-refractivity contribution in [2.45, 2.75) is 31.9 Å². The summed E-state index contributed by atoms with van der Waals surface area (Å²) < 4.78 is 5.92. The van der Waals surface area contributed by atoms with E-state index in [1.807, 2.05) is 47.4 Å². The van der Waals surface area contributed by atoms with Gasteiger partial charge in [-0.15, -0.1) is 0 Å². The number of piperidine rings is 1. The Morgan fingerprint density at radius 1 is 1.18 bits per heavy atom. The van der Waals surface area contributed by atoms with Crippen LogP contribution in [-0.4, -0.2) is 22.8 Å². The Hall–Kier alpha value is -2.36. The van der Waals surface area contributed by atoms with E-state index in [0.717, 1.165) is 43.3 Å². The molecule has 0 N–H and O–H groups in total. The lowest BCUT2D eigenvalue weighted by Gasteiger charge is -2.33. The third kappa shape index (κ3) is 3.27. The van der Waals surface area contributed by atoms with Gasteiger partial charge in [0, 0.05) is 18.3 Å². The van der Waals surface area contributed by atoms with Crippen molar-refractivity contribution in [1.82, 2.24) is 9.88 Å². The predicted molar refractivity (Wildman–Crippen MR) is 84.4 cm³/mol. The van der Waals surface area contributed by atoms with Crippen LogP contribution in [0.3, 0.4) is 0 Å². The van der Waals surface area contributed by atoms with Gasteiger partial charge in [0.1, 0.15) is 6.61 Å². The highest BCUT2D eigenvalue weighted by Crippen LogP contribution is 2.34.